The lowest BCUT2D eigenvalue weighted by molar-refractivity contribution is -0.121. The molecule has 0 aromatic carbocycles. The van der Waals surface area contributed by atoms with Gasteiger partial charge in [-0.3, -0.25) is 4.79 Å². The van der Waals surface area contributed by atoms with Gasteiger partial charge in [0.1, 0.15) is 0 Å². The molecule has 4 nitrogen and oxygen atoms in total. The number of nitrogens with one attached hydrogen (secondary N) is 1. The highest BCUT2D eigenvalue weighted by Crippen LogP contribution is 2.13. The Labute approximate surface area is 201 Å². The zero-order valence-electron chi connectivity index (χ0n) is 22.2. The molecule has 0 aromatic heterocycles. The molecule has 1 N–H and O–H groups in total. The van der Waals surface area contributed by atoms with Gasteiger partial charge in [-0.2, -0.15) is 0 Å². The van der Waals surface area contributed by atoms with E-state index in [2.05, 4.69) is 31.2 Å². The van der Waals surface area contributed by atoms with Crippen molar-refractivity contribution in [3.05, 3.63) is 0 Å². The van der Waals surface area contributed by atoms with Crippen LogP contribution < -0.4 is 5.32 Å². The largest absolute Gasteiger partial charge is 0.381 e. The van der Waals surface area contributed by atoms with Gasteiger partial charge >= 0.3 is 0 Å². The standard InChI is InChI=1S/C28H58N2O2/c1-4-5-6-7-8-9-10-11-12-13-14-15-16-17-18-20-26-32-27-21-19-23-28(31)29-24-22-25-30(2)3/h4-27H2,1-3H3,(H,29,31). The van der Waals surface area contributed by atoms with Crippen molar-refractivity contribution in [3.8, 4) is 0 Å². The smallest absolute Gasteiger partial charge is 0.219 e. The summed E-state index contributed by atoms with van der Waals surface area (Å²) < 4.78 is 5.72. The van der Waals surface area contributed by atoms with Gasteiger partial charge in [-0.1, -0.05) is 103 Å². The number of unbranched alkanes of at least 4 members (excludes halogenated alkanes) is 16. The molecule has 0 radical (unpaired) electrons. The molecule has 192 valence electrons. The monoisotopic (exact) mass is 454 g/mol. The van der Waals surface area contributed by atoms with Gasteiger partial charge in [-0.05, 0) is 46.3 Å². The van der Waals surface area contributed by atoms with E-state index in [1.54, 1.807) is 0 Å². The second-order valence-electron chi connectivity index (χ2n) is 9.88. The second-order valence-corrected chi connectivity index (χ2v) is 9.88. The van der Waals surface area contributed by atoms with Crippen molar-refractivity contribution >= 4 is 5.91 Å². The fraction of sp³-hybridized carbons (Fsp3) is 0.964. The molecule has 1 amide bonds. The summed E-state index contributed by atoms with van der Waals surface area (Å²) in [4.78, 5) is 13.9. The third kappa shape index (κ3) is 27.4. The van der Waals surface area contributed by atoms with Crippen molar-refractivity contribution in [1.82, 2.24) is 10.2 Å². The van der Waals surface area contributed by atoms with Crippen LogP contribution in [-0.4, -0.2) is 51.2 Å². The number of amides is 1. The van der Waals surface area contributed by atoms with E-state index in [1.807, 2.05) is 0 Å². The van der Waals surface area contributed by atoms with Crippen molar-refractivity contribution in [1.29, 1.82) is 0 Å². The van der Waals surface area contributed by atoms with Gasteiger partial charge in [-0.25, -0.2) is 0 Å². The molecule has 32 heavy (non-hydrogen) atoms. The minimum Gasteiger partial charge on any atom is -0.381 e. The molecule has 4 heteroatoms. The van der Waals surface area contributed by atoms with E-state index >= 15 is 0 Å². The number of carbonyl (C=O) groups is 1. The first-order valence-electron chi connectivity index (χ1n) is 14.2. The van der Waals surface area contributed by atoms with Crippen LogP contribution in [-0.2, 0) is 9.53 Å². The van der Waals surface area contributed by atoms with Crippen LogP contribution in [0.25, 0.3) is 0 Å². The van der Waals surface area contributed by atoms with E-state index in [0.717, 1.165) is 45.6 Å². The van der Waals surface area contributed by atoms with Crippen LogP contribution in [0.3, 0.4) is 0 Å². The Morgan fingerprint density at radius 2 is 1.06 bits per heavy atom. The third-order valence-electron chi connectivity index (χ3n) is 6.19. The molecular weight excluding hydrogens is 396 g/mol. The maximum Gasteiger partial charge on any atom is 0.219 e. The summed E-state index contributed by atoms with van der Waals surface area (Å²) in [6, 6.07) is 0. The number of hydrogen-bond acceptors (Lipinski definition) is 3. The minimum atomic E-state index is 0.182. The van der Waals surface area contributed by atoms with Gasteiger partial charge in [0.15, 0.2) is 0 Å². The molecule has 0 spiro atoms. The van der Waals surface area contributed by atoms with Crippen LogP contribution in [0.1, 0.15) is 135 Å². The number of ether oxygens (including phenoxy) is 1. The molecule has 0 atom stereocenters. The molecule has 0 heterocycles. The average molecular weight is 455 g/mol. The van der Waals surface area contributed by atoms with E-state index in [4.69, 9.17) is 4.74 Å². The minimum absolute atomic E-state index is 0.182. The van der Waals surface area contributed by atoms with E-state index in [-0.39, 0.29) is 5.91 Å². The van der Waals surface area contributed by atoms with Crippen molar-refractivity contribution in [2.75, 3.05) is 40.4 Å². The van der Waals surface area contributed by atoms with Gasteiger partial charge in [0.05, 0.1) is 0 Å². The molecular formula is C28H58N2O2. The molecule has 0 unspecified atom stereocenters. The van der Waals surface area contributed by atoms with Gasteiger partial charge in [0.2, 0.25) is 5.91 Å². The van der Waals surface area contributed by atoms with Crippen LogP contribution in [0.5, 0.6) is 0 Å². The van der Waals surface area contributed by atoms with Crippen molar-refractivity contribution in [2.24, 2.45) is 0 Å². The normalized spacial score (nSPS) is 11.4. The lowest BCUT2D eigenvalue weighted by Crippen LogP contribution is -2.26. The molecule has 0 fully saturated rings. The highest BCUT2D eigenvalue weighted by molar-refractivity contribution is 5.75. The molecule has 0 bridgehead atoms. The van der Waals surface area contributed by atoms with Gasteiger partial charge < -0.3 is 15.0 Å². The quantitative estimate of drug-likeness (QED) is 0.138. The van der Waals surface area contributed by atoms with Crippen molar-refractivity contribution in [3.63, 3.8) is 0 Å². The highest BCUT2D eigenvalue weighted by Gasteiger charge is 2.01. The SMILES string of the molecule is CCCCCCCCCCCCCCCCCCOCCCCC(=O)NCCCN(C)C. The fourth-order valence-electron chi connectivity index (χ4n) is 4.06. The zero-order chi connectivity index (χ0) is 23.5. The third-order valence-corrected chi connectivity index (χ3v) is 6.19. The first-order valence-corrected chi connectivity index (χ1v) is 14.2. The maximum absolute atomic E-state index is 11.7. The fourth-order valence-corrected chi connectivity index (χ4v) is 4.06. The number of nitrogens with zero attached hydrogens (tertiary/aromatic N) is 1. The van der Waals surface area contributed by atoms with Crippen LogP contribution in [0.15, 0.2) is 0 Å². The Kier molecular flexibility index (Phi) is 26.1. The number of carbonyl (C=O) groups excluding carboxylic acids is 1. The molecule has 0 aromatic rings. The Morgan fingerprint density at radius 1 is 0.625 bits per heavy atom. The van der Waals surface area contributed by atoms with E-state index in [1.165, 1.54) is 103 Å². The summed E-state index contributed by atoms with van der Waals surface area (Å²) in [6.07, 6.45) is 26.0. The topological polar surface area (TPSA) is 41.6 Å². The van der Waals surface area contributed by atoms with Crippen LogP contribution >= 0.6 is 0 Å². The predicted octanol–water partition coefficient (Wildman–Crippen LogP) is 7.50. The van der Waals surface area contributed by atoms with Crippen molar-refractivity contribution in [2.45, 2.75) is 135 Å². The summed E-state index contributed by atoms with van der Waals surface area (Å²) in [5.74, 6) is 0.182. The Bertz CT molecular complexity index is 374. The summed E-state index contributed by atoms with van der Waals surface area (Å²) >= 11 is 0. The molecule has 0 saturated heterocycles. The summed E-state index contributed by atoms with van der Waals surface area (Å²) in [7, 11) is 4.11. The van der Waals surface area contributed by atoms with Crippen LogP contribution in [0.2, 0.25) is 0 Å². The van der Waals surface area contributed by atoms with Crippen LogP contribution in [0.4, 0.5) is 0 Å². The van der Waals surface area contributed by atoms with Crippen LogP contribution in [0, 0.1) is 0 Å². The van der Waals surface area contributed by atoms with E-state index in [0.29, 0.717) is 6.42 Å². The molecule has 0 rings (SSSR count). The maximum atomic E-state index is 11.7. The molecule has 0 aliphatic rings. The second kappa shape index (κ2) is 26.6. The van der Waals surface area contributed by atoms with Gasteiger partial charge in [0.25, 0.3) is 0 Å². The lowest BCUT2D eigenvalue weighted by atomic mass is 10.0. The number of hydrogen-bond donors (Lipinski definition) is 1. The zero-order valence-corrected chi connectivity index (χ0v) is 22.2. The molecule has 0 saturated carbocycles. The first-order chi connectivity index (χ1) is 15.7. The first kappa shape index (κ1) is 31.4. The lowest BCUT2D eigenvalue weighted by Gasteiger charge is -2.09. The van der Waals surface area contributed by atoms with Gasteiger partial charge in [-0.15, -0.1) is 0 Å². The van der Waals surface area contributed by atoms with Gasteiger partial charge in [0, 0.05) is 26.2 Å². The van der Waals surface area contributed by atoms with Crippen molar-refractivity contribution < 1.29 is 9.53 Å². The van der Waals surface area contributed by atoms with E-state index in [9.17, 15) is 4.79 Å². The molecule has 0 aliphatic carbocycles. The predicted molar refractivity (Wildman–Crippen MR) is 140 cm³/mol. The molecule has 0 aliphatic heterocycles. The van der Waals surface area contributed by atoms with E-state index < -0.39 is 0 Å². The highest BCUT2D eigenvalue weighted by atomic mass is 16.5. The summed E-state index contributed by atoms with van der Waals surface area (Å²) in [5, 5.41) is 2.99. The Hall–Kier alpha value is -0.610. The Balaban J connectivity index is 3.10. The number of rotatable bonds is 26. The Morgan fingerprint density at radius 3 is 1.53 bits per heavy atom. The summed E-state index contributed by atoms with van der Waals surface area (Å²) in [5.41, 5.74) is 0. The summed E-state index contributed by atoms with van der Waals surface area (Å²) in [6.45, 7) is 5.78. The average Bonchev–Trinajstić information content (AvgIpc) is 2.77.